The Balaban J connectivity index is 3.58. The fourth-order valence-corrected chi connectivity index (χ4v) is 7.65. The number of esters is 1. The van der Waals surface area contributed by atoms with Gasteiger partial charge in [-0.05, 0) is 83.5 Å². The van der Waals surface area contributed by atoms with E-state index >= 15 is 0 Å². The van der Waals surface area contributed by atoms with E-state index in [0.717, 1.165) is 57.8 Å². The minimum Gasteiger partial charge on any atom is -0.466 e. The number of unbranched alkanes of at least 4 members (excludes halogenated alkanes) is 29. The largest absolute Gasteiger partial charge is 0.466 e. The average molecular weight is 868 g/mol. The van der Waals surface area contributed by atoms with Crippen LogP contribution in [-0.2, 0) is 14.3 Å². The van der Waals surface area contributed by atoms with Crippen LogP contribution in [0.5, 0.6) is 0 Å². The van der Waals surface area contributed by atoms with Gasteiger partial charge in [-0.3, -0.25) is 9.59 Å². The molecule has 0 heterocycles. The molecule has 0 fully saturated rings. The summed E-state index contributed by atoms with van der Waals surface area (Å²) in [5, 5.41) is 23.0. The minimum absolute atomic E-state index is 0.0269. The standard InChI is InChI=1S/C56H101NO5/c1-3-5-7-9-11-13-15-17-19-20-21-22-26-30-34-38-42-46-50-56(61)62-51-47-43-39-35-31-27-23-25-29-33-37-41-45-49-55(60)57-53(52-58)54(59)48-44-40-36-32-28-24-18-16-14-12-10-8-6-4-2/h13,15,19-20,25,29,37,41,44,48,53-54,58-59H,3-12,14,16-18,21-24,26-28,30-36,38-40,42-43,45-47,49-52H2,1-2H3,(H,57,60)/b15-13-,20-19-,29-25-,41-37-,48-44+. The van der Waals surface area contributed by atoms with Crippen LogP contribution in [0.2, 0.25) is 0 Å². The second kappa shape index (κ2) is 51.2. The lowest BCUT2D eigenvalue weighted by Gasteiger charge is -2.19. The molecule has 0 saturated carbocycles. The van der Waals surface area contributed by atoms with Crippen molar-refractivity contribution in [3.63, 3.8) is 0 Å². The number of amides is 1. The Morgan fingerprint density at radius 3 is 1.27 bits per heavy atom. The van der Waals surface area contributed by atoms with Crippen LogP contribution in [-0.4, -0.2) is 47.4 Å². The van der Waals surface area contributed by atoms with E-state index in [1.54, 1.807) is 6.08 Å². The lowest BCUT2D eigenvalue weighted by Crippen LogP contribution is -2.45. The van der Waals surface area contributed by atoms with Crippen molar-refractivity contribution in [2.45, 2.75) is 270 Å². The molecule has 0 spiro atoms. The van der Waals surface area contributed by atoms with Crippen LogP contribution in [0.25, 0.3) is 0 Å². The Morgan fingerprint density at radius 2 is 0.823 bits per heavy atom. The molecule has 0 bridgehead atoms. The minimum atomic E-state index is -0.880. The number of hydrogen-bond donors (Lipinski definition) is 3. The van der Waals surface area contributed by atoms with Crippen molar-refractivity contribution in [2.75, 3.05) is 13.2 Å². The quantitative estimate of drug-likeness (QED) is 0.0322. The van der Waals surface area contributed by atoms with Gasteiger partial charge in [-0.1, -0.05) is 222 Å². The molecule has 3 N–H and O–H groups in total. The number of hydrogen-bond acceptors (Lipinski definition) is 5. The number of allylic oxidation sites excluding steroid dienone is 9. The van der Waals surface area contributed by atoms with E-state index in [0.29, 0.717) is 25.9 Å². The predicted molar refractivity (Wildman–Crippen MR) is 268 cm³/mol. The molecule has 1 amide bonds. The number of ether oxygens (including phenoxy) is 1. The lowest BCUT2D eigenvalue weighted by atomic mass is 10.0. The molecule has 0 saturated heterocycles. The van der Waals surface area contributed by atoms with Gasteiger partial charge in [0, 0.05) is 12.8 Å². The van der Waals surface area contributed by atoms with Gasteiger partial charge in [0.2, 0.25) is 5.91 Å². The third-order valence-corrected chi connectivity index (χ3v) is 11.8. The van der Waals surface area contributed by atoms with Crippen LogP contribution in [0.15, 0.2) is 60.8 Å². The maximum absolute atomic E-state index is 12.4. The second-order valence-corrected chi connectivity index (χ2v) is 17.8. The second-order valence-electron chi connectivity index (χ2n) is 17.8. The van der Waals surface area contributed by atoms with Crippen molar-refractivity contribution in [1.82, 2.24) is 5.32 Å². The van der Waals surface area contributed by atoms with Gasteiger partial charge in [0.25, 0.3) is 0 Å². The summed E-state index contributed by atoms with van der Waals surface area (Å²) < 4.78 is 5.46. The summed E-state index contributed by atoms with van der Waals surface area (Å²) in [6.07, 6.45) is 65.2. The third kappa shape index (κ3) is 47.0. The highest BCUT2D eigenvalue weighted by Crippen LogP contribution is 2.14. The molecule has 2 atom stereocenters. The summed E-state index contributed by atoms with van der Waals surface area (Å²) in [5.41, 5.74) is 0. The monoisotopic (exact) mass is 868 g/mol. The maximum Gasteiger partial charge on any atom is 0.305 e. The highest BCUT2D eigenvalue weighted by molar-refractivity contribution is 5.76. The Morgan fingerprint density at radius 1 is 0.452 bits per heavy atom. The number of nitrogens with one attached hydrogen (secondary N) is 1. The Kier molecular flexibility index (Phi) is 49.2. The lowest BCUT2D eigenvalue weighted by molar-refractivity contribution is -0.143. The van der Waals surface area contributed by atoms with Gasteiger partial charge in [-0.15, -0.1) is 0 Å². The van der Waals surface area contributed by atoms with Gasteiger partial charge in [0.15, 0.2) is 0 Å². The Hall–Kier alpha value is -2.44. The summed E-state index contributed by atoms with van der Waals surface area (Å²) >= 11 is 0. The van der Waals surface area contributed by atoms with E-state index in [2.05, 4.69) is 61.7 Å². The number of carbonyl (C=O) groups excluding carboxylic acids is 2. The average Bonchev–Trinajstić information content (AvgIpc) is 3.27. The summed E-state index contributed by atoms with van der Waals surface area (Å²) in [4.78, 5) is 24.4. The molecule has 6 nitrogen and oxygen atoms in total. The van der Waals surface area contributed by atoms with Crippen molar-refractivity contribution in [3.05, 3.63) is 60.8 Å². The van der Waals surface area contributed by atoms with Gasteiger partial charge < -0.3 is 20.3 Å². The van der Waals surface area contributed by atoms with E-state index in [9.17, 15) is 19.8 Å². The summed E-state index contributed by atoms with van der Waals surface area (Å²) in [5.74, 6) is -0.178. The van der Waals surface area contributed by atoms with Gasteiger partial charge >= 0.3 is 5.97 Å². The van der Waals surface area contributed by atoms with E-state index in [1.165, 1.54) is 167 Å². The maximum atomic E-state index is 12.4. The molecule has 0 rings (SSSR count). The van der Waals surface area contributed by atoms with Gasteiger partial charge in [0.1, 0.15) is 0 Å². The number of carbonyl (C=O) groups is 2. The van der Waals surface area contributed by atoms with Crippen LogP contribution >= 0.6 is 0 Å². The predicted octanol–water partition coefficient (Wildman–Crippen LogP) is 16.0. The first-order valence-corrected chi connectivity index (χ1v) is 26.6. The number of rotatable bonds is 48. The van der Waals surface area contributed by atoms with Crippen LogP contribution in [0.1, 0.15) is 258 Å². The first-order chi connectivity index (χ1) is 30.5. The van der Waals surface area contributed by atoms with E-state index in [-0.39, 0.29) is 18.5 Å². The molecule has 360 valence electrons. The molecule has 6 heteroatoms. The van der Waals surface area contributed by atoms with Crippen molar-refractivity contribution in [2.24, 2.45) is 0 Å². The zero-order valence-electron chi connectivity index (χ0n) is 40.8. The fourth-order valence-electron chi connectivity index (χ4n) is 7.65. The van der Waals surface area contributed by atoms with Crippen molar-refractivity contribution >= 4 is 11.9 Å². The molecule has 0 aliphatic rings. The normalized spacial score (nSPS) is 13.2. The van der Waals surface area contributed by atoms with Crippen LogP contribution in [0.3, 0.4) is 0 Å². The molecular formula is C56H101NO5. The molecule has 2 unspecified atom stereocenters. The number of aliphatic hydroxyl groups is 2. The van der Waals surface area contributed by atoms with Crippen LogP contribution in [0, 0.1) is 0 Å². The van der Waals surface area contributed by atoms with Gasteiger partial charge in [-0.2, -0.15) is 0 Å². The molecule has 0 radical (unpaired) electrons. The van der Waals surface area contributed by atoms with Crippen molar-refractivity contribution in [1.29, 1.82) is 0 Å². The zero-order chi connectivity index (χ0) is 45.1. The summed E-state index contributed by atoms with van der Waals surface area (Å²) in [6.45, 7) is 4.80. The SMILES string of the molecule is CCCCCC/C=C\C/C=C\CCCCCCCCCC(=O)OCCCCCCCC/C=C\C/C=C\CCC(=O)NC(CO)C(O)/C=C/CCCCCCCCCCCCCC. The first kappa shape index (κ1) is 59.6. The molecule has 0 aromatic rings. The molecule has 0 aliphatic heterocycles. The van der Waals surface area contributed by atoms with E-state index in [1.807, 2.05) is 12.2 Å². The first-order valence-electron chi connectivity index (χ1n) is 26.6. The van der Waals surface area contributed by atoms with Crippen LogP contribution in [0.4, 0.5) is 0 Å². The smallest absolute Gasteiger partial charge is 0.305 e. The van der Waals surface area contributed by atoms with Crippen LogP contribution < -0.4 is 5.32 Å². The topological polar surface area (TPSA) is 95.9 Å². The van der Waals surface area contributed by atoms with E-state index in [4.69, 9.17) is 4.74 Å². The molecule has 0 aromatic carbocycles. The Bertz CT molecular complexity index is 1090. The molecule has 0 aliphatic carbocycles. The third-order valence-electron chi connectivity index (χ3n) is 11.8. The Labute approximate surface area is 384 Å². The number of aliphatic hydroxyl groups excluding tert-OH is 2. The molecule has 0 aromatic heterocycles. The summed E-state index contributed by atoms with van der Waals surface area (Å²) in [7, 11) is 0. The van der Waals surface area contributed by atoms with Crippen molar-refractivity contribution < 1.29 is 24.5 Å². The summed E-state index contributed by atoms with van der Waals surface area (Å²) in [6, 6.07) is -0.673. The van der Waals surface area contributed by atoms with E-state index < -0.39 is 12.1 Å². The zero-order valence-corrected chi connectivity index (χ0v) is 40.8. The van der Waals surface area contributed by atoms with Gasteiger partial charge in [0.05, 0.1) is 25.4 Å². The van der Waals surface area contributed by atoms with Crippen molar-refractivity contribution in [3.8, 4) is 0 Å². The van der Waals surface area contributed by atoms with Gasteiger partial charge in [-0.25, -0.2) is 0 Å². The highest BCUT2D eigenvalue weighted by Gasteiger charge is 2.17. The molecule has 62 heavy (non-hydrogen) atoms. The molecular weight excluding hydrogens is 767 g/mol. The fraction of sp³-hybridized carbons (Fsp3) is 0.786. The highest BCUT2D eigenvalue weighted by atomic mass is 16.5.